The lowest BCUT2D eigenvalue weighted by molar-refractivity contribution is -0.274. The molecule has 0 radical (unpaired) electrons. The molecule has 0 saturated carbocycles. The third-order valence-electron chi connectivity index (χ3n) is 5.33. The van der Waals surface area contributed by atoms with E-state index in [1.54, 1.807) is 0 Å². The Hall–Kier alpha value is -1.37. The minimum atomic E-state index is -0.697. The molecule has 0 amide bonds. The molecule has 1 atom stereocenters. The van der Waals surface area contributed by atoms with Gasteiger partial charge in [-0.3, -0.25) is 4.90 Å². The van der Waals surface area contributed by atoms with Gasteiger partial charge in [-0.05, 0) is 47.2 Å². The Morgan fingerprint density at radius 1 is 1.00 bits per heavy atom. The van der Waals surface area contributed by atoms with Crippen LogP contribution in [0.15, 0.2) is 66.7 Å². The smallest absolute Gasteiger partial charge is 0.208 e. The van der Waals surface area contributed by atoms with Crippen LogP contribution >= 0.6 is 29.6 Å². The number of rotatable bonds is 6. The van der Waals surface area contributed by atoms with E-state index in [9.17, 15) is 0 Å². The summed E-state index contributed by atoms with van der Waals surface area (Å²) in [5.74, 6) is 0.116. The molecule has 1 aliphatic heterocycles. The molecule has 4 rings (SSSR count). The Morgan fingerprint density at radius 2 is 1.72 bits per heavy atom. The fourth-order valence-electron chi connectivity index (χ4n) is 3.78. The second-order valence-electron chi connectivity index (χ2n) is 7.40. The van der Waals surface area contributed by atoms with Gasteiger partial charge in [-0.25, -0.2) is 0 Å². The summed E-state index contributed by atoms with van der Waals surface area (Å²) >= 11 is 4.30. The van der Waals surface area contributed by atoms with Gasteiger partial charge in [0.2, 0.25) is 5.79 Å². The fraction of sp³-hybridized carbons (Fsp3) is 0.333. The van der Waals surface area contributed by atoms with Crippen LogP contribution < -0.4 is 0 Å². The van der Waals surface area contributed by atoms with Gasteiger partial charge in [0.15, 0.2) is 0 Å². The monoisotopic (exact) mass is 473 g/mol. The van der Waals surface area contributed by atoms with E-state index >= 15 is 0 Å². The van der Waals surface area contributed by atoms with Gasteiger partial charge in [-0.15, -0.1) is 17.0 Å². The average Bonchev–Trinajstić information content (AvgIpc) is 2.74. The average molecular weight is 474 g/mol. The molecular formula is C24H28BrNO2S. The summed E-state index contributed by atoms with van der Waals surface area (Å²) in [7, 11) is 2.11. The lowest BCUT2D eigenvalue weighted by atomic mass is 9.97. The maximum absolute atomic E-state index is 6.26. The highest BCUT2D eigenvalue weighted by molar-refractivity contribution is 8.93. The number of likely N-dealkylation sites (N-methyl/N-ethyl adjacent to an activating group) is 1. The number of thiol groups is 1. The van der Waals surface area contributed by atoms with Gasteiger partial charge in [0.1, 0.15) is 0 Å². The summed E-state index contributed by atoms with van der Waals surface area (Å²) in [5.41, 5.74) is 3.49. The first-order chi connectivity index (χ1) is 13.7. The van der Waals surface area contributed by atoms with E-state index in [4.69, 9.17) is 9.47 Å². The van der Waals surface area contributed by atoms with Crippen LogP contribution in [0, 0.1) is 0 Å². The van der Waals surface area contributed by atoms with Crippen molar-refractivity contribution in [3.8, 4) is 11.1 Å². The molecule has 0 aromatic heterocycles. The summed E-state index contributed by atoms with van der Waals surface area (Å²) in [6, 6.07) is 23.7. The lowest BCUT2D eigenvalue weighted by Gasteiger charge is -2.41. The Kier molecular flexibility index (Phi) is 7.77. The van der Waals surface area contributed by atoms with Crippen molar-refractivity contribution in [2.45, 2.75) is 12.2 Å². The van der Waals surface area contributed by atoms with Crippen LogP contribution in [0.1, 0.15) is 12.0 Å². The Bertz CT molecular complexity index is 934. The Morgan fingerprint density at radius 3 is 2.45 bits per heavy atom. The molecule has 0 N–H and O–H groups in total. The Balaban J connectivity index is 0.00000240. The van der Waals surface area contributed by atoms with Gasteiger partial charge in [-0.1, -0.05) is 60.7 Å². The number of benzene rings is 3. The molecule has 3 aromatic rings. The minimum Gasteiger partial charge on any atom is -0.345 e. The van der Waals surface area contributed by atoms with Gasteiger partial charge in [-0.2, -0.15) is 12.6 Å². The van der Waals surface area contributed by atoms with E-state index in [1.165, 1.54) is 21.9 Å². The first kappa shape index (κ1) is 22.3. The zero-order valence-corrected chi connectivity index (χ0v) is 19.3. The second-order valence-corrected chi connectivity index (χ2v) is 7.85. The van der Waals surface area contributed by atoms with Crippen LogP contribution in [0.5, 0.6) is 0 Å². The molecular weight excluding hydrogens is 446 g/mol. The standard InChI is InChI=1S/C24H27NO2S.BrH/c1-25-13-15-27-24(18-25,26-14-4-16-28)23-11-9-20(10-12-23)22-8-7-19-5-2-3-6-21(19)17-22;/h2-3,5-12,17,28H,4,13-16,18H2,1H3;1H. The van der Waals surface area contributed by atoms with Gasteiger partial charge >= 0.3 is 0 Å². The van der Waals surface area contributed by atoms with E-state index < -0.39 is 5.79 Å². The van der Waals surface area contributed by atoms with Crippen LogP contribution in [0.2, 0.25) is 0 Å². The molecule has 0 aliphatic carbocycles. The third kappa shape index (κ3) is 5.04. The fourth-order valence-corrected chi connectivity index (χ4v) is 3.91. The van der Waals surface area contributed by atoms with Crippen molar-refractivity contribution in [2.24, 2.45) is 0 Å². The highest BCUT2D eigenvalue weighted by Crippen LogP contribution is 2.33. The normalized spacial score (nSPS) is 19.8. The molecule has 1 saturated heterocycles. The predicted molar refractivity (Wildman–Crippen MR) is 129 cm³/mol. The van der Waals surface area contributed by atoms with Crippen molar-refractivity contribution in [2.75, 3.05) is 39.1 Å². The number of nitrogens with zero attached hydrogens (tertiary/aromatic N) is 1. The summed E-state index contributed by atoms with van der Waals surface area (Å²) in [5, 5.41) is 2.52. The van der Waals surface area contributed by atoms with Gasteiger partial charge in [0.05, 0.1) is 19.8 Å². The summed E-state index contributed by atoms with van der Waals surface area (Å²) in [6.07, 6.45) is 0.910. The SMILES string of the molecule is Br.CN1CCOC(OCCCS)(c2ccc(-c3ccc4ccccc4c3)cc2)C1. The highest BCUT2D eigenvalue weighted by Gasteiger charge is 2.38. The predicted octanol–water partition coefficient (Wildman–Crippen LogP) is 5.54. The van der Waals surface area contributed by atoms with Crippen molar-refractivity contribution < 1.29 is 9.47 Å². The molecule has 0 spiro atoms. The van der Waals surface area contributed by atoms with E-state index in [0.29, 0.717) is 13.2 Å². The lowest BCUT2D eigenvalue weighted by Crippen LogP contribution is -2.50. The van der Waals surface area contributed by atoms with Crippen molar-refractivity contribution in [1.29, 1.82) is 0 Å². The zero-order valence-electron chi connectivity index (χ0n) is 16.7. The first-order valence-electron chi connectivity index (χ1n) is 9.87. The van der Waals surface area contributed by atoms with Crippen molar-refractivity contribution >= 4 is 40.4 Å². The summed E-state index contributed by atoms with van der Waals surface area (Å²) < 4.78 is 12.4. The van der Waals surface area contributed by atoms with Crippen molar-refractivity contribution in [1.82, 2.24) is 4.90 Å². The maximum Gasteiger partial charge on any atom is 0.208 e. The largest absolute Gasteiger partial charge is 0.345 e. The molecule has 1 heterocycles. The topological polar surface area (TPSA) is 21.7 Å². The number of hydrogen-bond acceptors (Lipinski definition) is 4. The maximum atomic E-state index is 6.26. The van der Waals surface area contributed by atoms with E-state index in [1.807, 2.05) is 0 Å². The van der Waals surface area contributed by atoms with E-state index in [-0.39, 0.29) is 17.0 Å². The molecule has 1 fully saturated rings. The van der Waals surface area contributed by atoms with Gasteiger partial charge in [0, 0.05) is 12.1 Å². The molecule has 29 heavy (non-hydrogen) atoms. The molecule has 154 valence electrons. The molecule has 3 nitrogen and oxygen atoms in total. The molecule has 1 aliphatic rings. The van der Waals surface area contributed by atoms with Gasteiger partial charge in [0.25, 0.3) is 0 Å². The summed E-state index contributed by atoms with van der Waals surface area (Å²) in [4.78, 5) is 2.27. The number of morpholine rings is 1. The van der Waals surface area contributed by atoms with Crippen molar-refractivity contribution in [3.05, 3.63) is 72.3 Å². The Labute approximate surface area is 189 Å². The molecule has 1 unspecified atom stereocenters. The molecule has 5 heteroatoms. The first-order valence-corrected chi connectivity index (χ1v) is 10.5. The molecule has 3 aromatic carbocycles. The number of hydrogen-bond donors (Lipinski definition) is 1. The number of fused-ring (bicyclic) bond motifs is 1. The highest BCUT2D eigenvalue weighted by atomic mass is 79.9. The third-order valence-corrected chi connectivity index (χ3v) is 5.65. The number of halogens is 1. The van der Waals surface area contributed by atoms with Crippen LogP contribution in [0.4, 0.5) is 0 Å². The van der Waals surface area contributed by atoms with Crippen LogP contribution in [0.3, 0.4) is 0 Å². The number of ether oxygens (including phenoxy) is 2. The van der Waals surface area contributed by atoms with E-state index in [0.717, 1.165) is 30.8 Å². The van der Waals surface area contributed by atoms with E-state index in [2.05, 4.69) is 91.3 Å². The second kappa shape index (κ2) is 10.1. The van der Waals surface area contributed by atoms with Crippen LogP contribution in [0.25, 0.3) is 21.9 Å². The van der Waals surface area contributed by atoms with Crippen LogP contribution in [-0.2, 0) is 15.3 Å². The van der Waals surface area contributed by atoms with Gasteiger partial charge < -0.3 is 9.47 Å². The quantitative estimate of drug-likeness (QED) is 0.375. The molecule has 0 bridgehead atoms. The zero-order chi connectivity index (χ0) is 19.4. The van der Waals surface area contributed by atoms with Crippen LogP contribution in [-0.4, -0.2) is 44.0 Å². The minimum absolute atomic E-state index is 0. The summed E-state index contributed by atoms with van der Waals surface area (Å²) in [6.45, 7) is 2.97. The van der Waals surface area contributed by atoms with Crippen molar-refractivity contribution in [3.63, 3.8) is 0 Å².